The first-order valence-corrected chi connectivity index (χ1v) is 12.3. The summed E-state index contributed by atoms with van der Waals surface area (Å²) in [6, 6.07) is 20.0. The highest BCUT2D eigenvalue weighted by Gasteiger charge is 2.26. The van der Waals surface area contributed by atoms with Gasteiger partial charge in [0, 0.05) is 24.7 Å². The number of phenols is 2. The van der Waals surface area contributed by atoms with Gasteiger partial charge in [-0.3, -0.25) is 4.90 Å². The molecule has 192 valence electrons. The topological polar surface area (TPSA) is 108 Å². The summed E-state index contributed by atoms with van der Waals surface area (Å²) in [5.41, 5.74) is 3.83. The fourth-order valence-electron chi connectivity index (χ4n) is 4.14. The van der Waals surface area contributed by atoms with Gasteiger partial charge >= 0.3 is 6.09 Å². The summed E-state index contributed by atoms with van der Waals surface area (Å²) in [6.45, 7) is 9.12. The van der Waals surface area contributed by atoms with Crippen LogP contribution < -0.4 is 10.1 Å². The van der Waals surface area contributed by atoms with Gasteiger partial charge in [0.25, 0.3) is 5.88 Å². The highest BCUT2D eigenvalue weighted by molar-refractivity contribution is 5.89. The van der Waals surface area contributed by atoms with Crippen molar-refractivity contribution < 1.29 is 24.3 Å². The van der Waals surface area contributed by atoms with E-state index in [1.54, 1.807) is 13.0 Å². The minimum atomic E-state index is -0.665. The second kappa shape index (κ2) is 11.6. The molecule has 1 heterocycles. The van der Waals surface area contributed by atoms with E-state index in [9.17, 15) is 15.0 Å². The van der Waals surface area contributed by atoms with E-state index in [2.05, 4.69) is 29.2 Å². The first-order chi connectivity index (χ1) is 17.9. The SMILES string of the molecule is CCNC(=O)Oc1noc(-c2cc(-c3ccccc3)c(O)cc2O)c1-c1ccc(CN(CC)CC)cc1. The van der Waals surface area contributed by atoms with Crippen molar-refractivity contribution in [3.05, 3.63) is 72.3 Å². The largest absolute Gasteiger partial charge is 0.507 e. The molecule has 1 amide bonds. The monoisotopic (exact) mass is 501 g/mol. The van der Waals surface area contributed by atoms with Crippen LogP contribution in [0.2, 0.25) is 0 Å². The highest BCUT2D eigenvalue weighted by atomic mass is 16.6. The fourth-order valence-corrected chi connectivity index (χ4v) is 4.14. The number of aromatic nitrogens is 1. The predicted octanol–water partition coefficient (Wildman–Crippen LogP) is 6.04. The van der Waals surface area contributed by atoms with Crippen LogP contribution in [-0.2, 0) is 6.54 Å². The average molecular weight is 502 g/mol. The van der Waals surface area contributed by atoms with Crippen molar-refractivity contribution >= 4 is 6.09 Å². The molecule has 8 nitrogen and oxygen atoms in total. The van der Waals surface area contributed by atoms with Gasteiger partial charge in [-0.25, -0.2) is 4.79 Å². The molecule has 8 heteroatoms. The highest BCUT2D eigenvalue weighted by Crippen LogP contribution is 2.46. The Balaban J connectivity index is 1.82. The Labute approximate surface area is 216 Å². The number of rotatable bonds is 9. The number of carbonyl (C=O) groups excluding carboxylic acids is 1. The van der Waals surface area contributed by atoms with Crippen molar-refractivity contribution in [1.82, 2.24) is 15.4 Å². The number of hydrogen-bond donors (Lipinski definition) is 3. The number of ether oxygens (including phenoxy) is 1. The summed E-state index contributed by atoms with van der Waals surface area (Å²) < 4.78 is 11.1. The van der Waals surface area contributed by atoms with E-state index in [0.717, 1.165) is 30.8 Å². The third-order valence-corrected chi connectivity index (χ3v) is 6.16. The van der Waals surface area contributed by atoms with Crippen LogP contribution in [-0.4, -0.2) is 46.0 Å². The van der Waals surface area contributed by atoms with Gasteiger partial charge in [0.1, 0.15) is 11.5 Å². The lowest BCUT2D eigenvalue weighted by atomic mass is 9.96. The Hall–Kier alpha value is -4.30. The maximum absolute atomic E-state index is 12.2. The first kappa shape index (κ1) is 25.8. The molecule has 0 bridgehead atoms. The molecule has 0 radical (unpaired) electrons. The van der Waals surface area contributed by atoms with Crippen molar-refractivity contribution in [1.29, 1.82) is 0 Å². The standard InChI is InChI=1S/C29H31N3O5/c1-4-30-29(35)36-28-26(21-14-12-19(13-15-21)18-32(5-2)6-3)27(37-31-28)23-16-22(24(33)17-25(23)34)20-10-8-7-9-11-20/h7-17,33-34H,4-6,18H2,1-3H3,(H,30,35). The number of hydrogen-bond acceptors (Lipinski definition) is 7. The van der Waals surface area contributed by atoms with Crippen LogP contribution >= 0.6 is 0 Å². The lowest BCUT2D eigenvalue weighted by molar-refractivity contribution is 0.196. The molecular weight excluding hydrogens is 470 g/mol. The molecule has 0 aliphatic carbocycles. The molecule has 3 N–H and O–H groups in total. The number of aromatic hydroxyl groups is 2. The molecule has 0 saturated carbocycles. The minimum absolute atomic E-state index is 0.0221. The molecule has 3 aromatic carbocycles. The van der Waals surface area contributed by atoms with Gasteiger partial charge in [-0.2, -0.15) is 0 Å². The summed E-state index contributed by atoms with van der Waals surface area (Å²) in [5, 5.41) is 27.9. The molecular formula is C29H31N3O5. The van der Waals surface area contributed by atoms with Gasteiger partial charge in [0.05, 0.1) is 11.1 Å². The Morgan fingerprint density at radius 2 is 1.59 bits per heavy atom. The normalized spacial score (nSPS) is 11.0. The molecule has 1 aromatic heterocycles. The summed E-state index contributed by atoms with van der Waals surface area (Å²) in [4.78, 5) is 14.5. The summed E-state index contributed by atoms with van der Waals surface area (Å²) >= 11 is 0. The number of phenolic OH excluding ortho intramolecular Hbond substituents is 2. The Morgan fingerprint density at radius 3 is 2.24 bits per heavy atom. The van der Waals surface area contributed by atoms with E-state index in [-0.39, 0.29) is 23.1 Å². The van der Waals surface area contributed by atoms with Crippen LogP contribution in [0.5, 0.6) is 17.4 Å². The van der Waals surface area contributed by atoms with Gasteiger partial charge in [0.15, 0.2) is 5.76 Å². The number of benzene rings is 3. The maximum Gasteiger partial charge on any atom is 0.414 e. The lowest BCUT2D eigenvalue weighted by Crippen LogP contribution is -2.26. The van der Waals surface area contributed by atoms with Gasteiger partial charge in [-0.1, -0.05) is 68.4 Å². The van der Waals surface area contributed by atoms with E-state index in [4.69, 9.17) is 9.26 Å². The third kappa shape index (κ3) is 5.76. The third-order valence-electron chi connectivity index (χ3n) is 6.16. The zero-order chi connectivity index (χ0) is 26.4. The minimum Gasteiger partial charge on any atom is -0.507 e. The number of nitrogens with one attached hydrogen (secondary N) is 1. The fraction of sp³-hybridized carbons (Fsp3) is 0.241. The van der Waals surface area contributed by atoms with E-state index in [1.807, 2.05) is 54.6 Å². The van der Waals surface area contributed by atoms with Gasteiger partial charge in [-0.05, 0) is 47.9 Å². The second-order valence-corrected chi connectivity index (χ2v) is 8.52. The molecule has 0 aliphatic heterocycles. The average Bonchev–Trinajstić information content (AvgIpc) is 3.31. The molecule has 0 fully saturated rings. The van der Waals surface area contributed by atoms with E-state index in [1.165, 1.54) is 6.07 Å². The Bertz CT molecular complexity index is 1350. The van der Waals surface area contributed by atoms with E-state index < -0.39 is 6.09 Å². The molecule has 4 rings (SSSR count). The summed E-state index contributed by atoms with van der Waals surface area (Å²) in [5.74, 6) is -0.0815. The van der Waals surface area contributed by atoms with Gasteiger partial charge in [-0.15, -0.1) is 0 Å². The molecule has 0 aliphatic rings. The number of nitrogens with zero attached hydrogens (tertiary/aromatic N) is 2. The van der Waals surface area contributed by atoms with Gasteiger partial charge in [0.2, 0.25) is 0 Å². The van der Waals surface area contributed by atoms with Gasteiger partial charge < -0.3 is 24.8 Å². The van der Waals surface area contributed by atoms with Crippen molar-refractivity contribution in [2.24, 2.45) is 0 Å². The summed E-state index contributed by atoms with van der Waals surface area (Å²) in [7, 11) is 0. The Morgan fingerprint density at radius 1 is 0.919 bits per heavy atom. The molecule has 37 heavy (non-hydrogen) atoms. The quantitative estimate of drug-likeness (QED) is 0.257. The van der Waals surface area contributed by atoms with Crippen LogP contribution in [0.25, 0.3) is 33.6 Å². The molecule has 4 aromatic rings. The van der Waals surface area contributed by atoms with Crippen molar-refractivity contribution in [3.8, 4) is 51.0 Å². The van der Waals surface area contributed by atoms with Crippen LogP contribution in [0.1, 0.15) is 26.3 Å². The van der Waals surface area contributed by atoms with Crippen LogP contribution in [0.3, 0.4) is 0 Å². The van der Waals surface area contributed by atoms with Crippen LogP contribution in [0.15, 0.2) is 71.3 Å². The van der Waals surface area contributed by atoms with Crippen LogP contribution in [0.4, 0.5) is 4.79 Å². The van der Waals surface area contributed by atoms with Crippen LogP contribution in [0, 0.1) is 0 Å². The lowest BCUT2D eigenvalue weighted by Gasteiger charge is -2.18. The number of carbonyl (C=O) groups is 1. The molecule has 0 saturated heterocycles. The van der Waals surface area contributed by atoms with E-state index >= 15 is 0 Å². The predicted molar refractivity (Wildman–Crippen MR) is 142 cm³/mol. The zero-order valence-electron chi connectivity index (χ0n) is 21.2. The maximum atomic E-state index is 12.2. The van der Waals surface area contributed by atoms with Crippen molar-refractivity contribution in [2.45, 2.75) is 27.3 Å². The first-order valence-electron chi connectivity index (χ1n) is 12.3. The Kier molecular flexibility index (Phi) is 8.10. The molecule has 0 unspecified atom stereocenters. The van der Waals surface area contributed by atoms with Crippen molar-refractivity contribution in [2.75, 3.05) is 19.6 Å². The van der Waals surface area contributed by atoms with Crippen molar-refractivity contribution in [3.63, 3.8) is 0 Å². The summed E-state index contributed by atoms with van der Waals surface area (Å²) in [6.07, 6.45) is -0.665. The second-order valence-electron chi connectivity index (χ2n) is 8.52. The molecule has 0 spiro atoms. The smallest absolute Gasteiger partial charge is 0.414 e. The zero-order valence-corrected chi connectivity index (χ0v) is 21.2. The molecule has 0 atom stereocenters. The number of amides is 1. The van der Waals surface area contributed by atoms with E-state index in [0.29, 0.717) is 28.8 Å².